The molecule has 0 aliphatic heterocycles. The number of benzene rings is 2. The van der Waals surface area contributed by atoms with Crippen LogP contribution >= 0.6 is 0 Å². The fourth-order valence-corrected chi connectivity index (χ4v) is 3.72. The van der Waals surface area contributed by atoms with E-state index in [1.165, 1.54) is 25.4 Å². The molecule has 1 aromatic heterocycles. The average Bonchev–Trinajstić information content (AvgIpc) is 2.80. The molecule has 0 fully saturated rings. The number of nitrogens with zero attached hydrogens (tertiary/aromatic N) is 1. The zero-order valence-electron chi connectivity index (χ0n) is 18.0. The Balaban J connectivity index is 1.62. The van der Waals surface area contributed by atoms with E-state index in [0.717, 1.165) is 6.42 Å². The summed E-state index contributed by atoms with van der Waals surface area (Å²) in [4.78, 5) is 16.4. The van der Waals surface area contributed by atoms with Crippen molar-refractivity contribution in [3.8, 4) is 17.4 Å². The molecule has 0 saturated heterocycles. The first-order chi connectivity index (χ1) is 15.3. The van der Waals surface area contributed by atoms with E-state index in [-0.39, 0.29) is 16.8 Å². The highest BCUT2D eigenvalue weighted by Crippen LogP contribution is 2.24. The van der Waals surface area contributed by atoms with E-state index in [0.29, 0.717) is 28.6 Å². The molecule has 1 heterocycles. The molecule has 8 nitrogen and oxygen atoms in total. The van der Waals surface area contributed by atoms with Crippen LogP contribution in [0, 0.1) is 0 Å². The van der Waals surface area contributed by atoms with Gasteiger partial charge in [0.15, 0.2) is 0 Å². The van der Waals surface area contributed by atoms with Crippen molar-refractivity contribution in [2.24, 2.45) is 0 Å². The second-order valence-corrected chi connectivity index (χ2v) is 8.76. The van der Waals surface area contributed by atoms with Gasteiger partial charge in [-0.15, -0.1) is 0 Å². The van der Waals surface area contributed by atoms with Crippen molar-refractivity contribution < 1.29 is 22.7 Å². The van der Waals surface area contributed by atoms with Gasteiger partial charge >= 0.3 is 0 Å². The van der Waals surface area contributed by atoms with Gasteiger partial charge in [0.1, 0.15) is 11.5 Å². The molecular weight excluding hydrogens is 430 g/mol. The van der Waals surface area contributed by atoms with Crippen molar-refractivity contribution in [2.75, 3.05) is 11.8 Å². The Bertz CT molecular complexity index is 1150. The summed E-state index contributed by atoms with van der Waals surface area (Å²) in [7, 11) is -2.22. The van der Waals surface area contributed by atoms with Crippen LogP contribution < -0.4 is 19.5 Å². The highest BCUT2D eigenvalue weighted by molar-refractivity contribution is 7.92. The van der Waals surface area contributed by atoms with Gasteiger partial charge < -0.3 is 14.8 Å². The fourth-order valence-electron chi connectivity index (χ4n) is 2.66. The van der Waals surface area contributed by atoms with Crippen LogP contribution in [0.25, 0.3) is 0 Å². The van der Waals surface area contributed by atoms with E-state index in [2.05, 4.69) is 15.0 Å². The largest absolute Gasteiger partial charge is 0.497 e. The smallest absolute Gasteiger partial charge is 0.261 e. The first kappa shape index (κ1) is 23.1. The van der Waals surface area contributed by atoms with E-state index in [1.807, 2.05) is 13.8 Å². The van der Waals surface area contributed by atoms with E-state index in [1.54, 1.807) is 48.5 Å². The topological polar surface area (TPSA) is 107 Å². The summed E-state index contributed by atoms with van der Waals surface area (Å²) in [6.07, 6.45) is 2.29. The lowest BCUT2D eigenvalue weighted by atomic mass is 10.2. The standard InChI is InChI=1S/C23H25N3O5S/c1-4-16(2)25-23(27)17-5-14-22(24-15-17)31-20-8-6-18(7-9-20)26-32(28,29)21-12-10-19(30-3)11-13-21/h5-16,26H,4H2,1-3H3,(H,25,27)/t16-/m0/s1. The number of ether oxygens (including phenoxy) is 2. The van der Waals surface area contributed by atoms with Gasteiger partial charge in [0.05, 0.1) is 17.6 Å². The third-order valence-corrected chi connectivity index (χ3v) is 6.08. The van der Waals surface area contributed by atoms with Gasteiger partial charge in [-0.2, -0.15) is 0 Å². The Hall–Kier alpha value is -3.59. The fraction of sp³-hybridized carbons (Fsp3) is 0.217. The van der Waals surface area contributed by atoms with Crippen molar-refractivity contribution in [3.05, 3.63) is 72.4 Å². The average molecular weight is 456 g/mol. The molecule has 0 aliphatic rings. The van der Waals surface area contributed by atoms with E-state index in [9.17, 15) is 13.2 Å². The number of nitrogens with one attached hydrogen (secondary N) is 2. The normalized spacial score (nSPS) is 12.0. The Labute approximate surface area is 187 Å². The van der Waals surface area contributed by atoms with Crippen LogP contribution in [0.15, 0.2) is 71.8 Å². The number of pyridine rings is 1. The van der Waals surface area contributed by atoms with Crippen LogP contribution in [0.3, 0.4) is 0 Å². The molecule has 0 radical (unpaired) electrons. The zero-order valence-corrected chi connectivity index (χ0v) is 18.8. The Morgan fingerprint density at radius 1 is 1.00 bits per heavy atom. The van der Waals surface area contributed by atoms with Crippen molar-refractivity contribution >= 4 is 21.6 Å². The number of hydrogen-bond donors (Lipinski definition) is 2. The van der Waals surface area contributed by atoms with Crippen LogP contribution in [-0.4, -0.2) is 32.5 Å². The van der Waals surface area contributed by atoms with Crippen molar-refractivity contribution in [1.29, 1.82) is 0 Å². The van der Waals surface area contributed by atoms with E-state index < -0.39 is 10.0 Å². The first-order valence-electron chi connectivity index (χ1n) is 10.0. The molecular formula is C23H25N3O5S. The number of anilines is 1. The molecule has 168 valence electrons. The third-order valence-electron chi connectivity index (χ3n) is 4.69. The number of hydrogen-bond acceptors (Lipinski definition) is 6. The molecule has 3 rings (SSSR count). The molecule has 3 aromatic rings. The lowest BCUT2D eigenvalue weighted by Crippen LogP contribution is -2.31. The van der Waals surface area contributed by atoms with Gasteiger partial charge in [0.2, 0.25) is 5.88 Å². The Morgan fingerprint density at radius 2 is 1.66 bits per heavy atom. The molecule has 0 unspecified atom stereocenters. The maximum absolute atomic E-state index is 12.5. The summed E-state index contributed by atoms with van der Waals surface area (Å²) in [5.41, 5.74) is 0.833. The summed E-state index contributed by atoms with van der Waals surface area (Å²) in [5, 5.41) is 2.88. The van der Waals surface area contributed by atoms with Gasteiger partial charge in [-0.3, -0.25) is 9.52 Å². The SMILES string of the molecule is CC[C@H](C)NC(=O)c1ccc(Oc2ccc(NS(=O)(=O)c3ccc(OC)cc3)cc2)nc1. The van der Waals surface area contributed by atoms with Gasteiger partial charge in [-0.25, -0.2) is 13.4 Å². The number of methoxy groups -OCH3 is 1. The maximum atomic E-state index is 12.5. The minimum Gasteiger partial charge on any atom is -0.497 e. The molecule has 32 heavy (non-hydrogen) atoms. The van der Waals surface area contributed by atoms with Crippen molar-refractivity contribution in [1.82, 2.24) is 10.3 Å². The lowest BCUT2D eigenvalue weighted by molar-refractivity contribution is 0.0939. The zero-order chi connectivity index (χ0) is 23.1. The molecule has 2 aromatic carbocycles. The van der Waals surface area contributed by atoms with Gasteiger partial charge in [0.25, 0.3) is 15.9 Å². The van der Waals surface area contributed by atoms with Crippen LogP contribution in [0.2, 0.25) is 0 Å². The predicted octanol–water partition coefficient (Wildman–Crippen LogP) is 4.21. The Kier molecular flexibility index (Phi) is 7.32. The maximum Gasteiger partial charge on any atom is 0.261 e. The van der Waals surface area contributed by atoms with Crippen molar-refractivity contribution in [3.63, 3.8) is 0 Å². The van der Waals surface area contributed by atoms with E-state index in [4.69, 9.17) is 9.47 Å². The third kappa shape index (κ3) is 5.98. The summed E-state index contributed by atoms with van der Waals surface area (Å²) in [5.74, 6) is 1.17. The molecule has 0 spiro atoms. The minimum atomic E-state index is -3.73. The summed E-state index contributed by atoms with van der Waals surface area (Å²) >= 11 is 0. The number of aromatic nitrogens is 1. The molecule has 0 bridgehead atoms. The molecule has 0 saturated carbocycles. The van der Waals surface area contributed by atoms with Gasteiger partial charge in [0, 0.05) is 24.0 Å². The first-order valence-corrected chi connectivity index (χ1v) is 11.5. The molecule has 0 aliphatic carbocycles. The van der Waals surface area contributed by atoms with Crippen LogP contribution in [0.5, 0.6) is 17.4 Å². The highest BCUT2D eigenvalue weighted by Gasteiger charge is 2.14. The van der Waals surface area contributed by atoms with Crippen LogP contribution in [0.4, 0.5) is 5.69 Å². The summed E-state index contributed by atoms with van der Waals surface area (Å²) < 4.78 is 38.3. The number of carbonyl (C=O) groups excluding carboxylic acids is 1. The molecule has 1 atom stereocenters. The molecule has 1 amide bonds. The summed E-state index contributed by atoms with van der Waals surface area (Å²) in [6, 6.07) is 15.8. The second kappa shape index (κ2) is 10.1. The molecule has 9 heteroatoms. The number of rotatable bonds is 9. The highest BCUT2D eigenvalue weighted by atomic mass is 32.2. The van der Waals surface area contributed by atoms with Gasteiger partial charge in [-0.1, -0.05) is 6.92 Å². The lowest BCUT2D eigenvalue weighted by Gasteiger charge is -2.11. The monoisotopic (exact) mass is 455 g/mol. The Morgan fingerprint density at radius 3 is 2.22 bits per heavy atom. The second-order valence-electron chi connectivity index (χ2n) is 7.08. The predicted molar refractivity (Wildman–Crippen MR) is 122 cm³/mol. The number of sulfonamides is 1. The van der Waals surface area contributed by atoms with Crippen LogP contribution in [-0.2, 0) is 10.0 Å². The number of amides is 1. The van der Waals surface area contributed by atoms with Crippen molar-refractivity contribution in [2.45, 2.75) is 31.2 Å². The number of carbonyl (C=O) groups is 1. The van der Waals surface area contributed by atoms with Gasteiger partial charge in [-0.05, 0) is 67.9 Å². The summed E-state index contributed by atoms with van der Waals surface area (Å²) in [6.45, 7) is 3.93. The minimum absolute atomic E-state index is 0.0825. The molecule has 2 N–H and O–H groups in total. The van der Waals surface area contributed by atoms with Crippen LogP contribution in [0.1, 0.15) is 30.6 Å². The van der Waals surface area contributed by atoms with E-state index >= 15 is 0 Å². The quantitative estimate of drug-likeness (QED) is 0.501.